The predicted molar refractivity (Wildman–Crippen MR) is 102 cm³/mol. The highest BCUT2D eigenvalue weighted by Crippen LogP contribution is 2.40. The number of benzene rings is 1. The summed E-state index contributed by atoms with van der Waals surface area (Å²) >= 11 is 1.70. The largest absolute Gasteiger partial charge is 0.338 e. The molecule has 1 amide bonds. The number of fused-ring (bicyclic) bond motifs is 4. The SMILES string of the molecule is O=C(c1cc2c(s1)-c1ccccc1CC2)N1CC[C@@H]2CNC[C@@H]2CC1. The van der Waals surface area contributed by atoms with Crippen molar-refractivity contribution in [3.05, 3.63) is 46.3 Å². The van der Waals surface area contributed by atoms with Crippen molar-refractivity contribution >= 4 is 17.2 Å². The second-order valence-electron chi connectivity index (χ2n) is 7.67. The first kappa shape index (κ1) is 15.6. The number of rotatable bonds is 1. The Morgan fingerprint density at radius 3 is 2.56 bits per heavy atom. The number of hydrogen-bond acceptors (Lipinski definition) is 3. The van der Waals surface area contributed by atoms with E-state index in [4.69, 9.17) is 0 Å². The number of likely N-dealkylation sites (tertiary alicyclic amines) is 1. The molecular weight excluding hydrogens is 328 g/mol. The smallest absolute Gasteiger partial charge is 0.263 e. The molecule has 2 aliphatic heterocycles. The highest BCUT2D eigenvalue weighted by Gasteiger charge is 2.32. The molecule has 3 aliphatic rings. The summed E-state index contributed by atoms with van der Waals surface area (Å²) in [6, 6.07) is 10.8. The molecule has 2 aromatic rings. The van der Waals surface area contributed by atoms with Gasteiger partial charge in [-0.2, -0.15) is 0 Å². The molecule has 0 saturated carbocycles. The van der Waals surface area contributed by atoms with E-state index in [1.807, 2.05) is 0 Å². The maximum atomic E-state index is 13.1. The average Bonchev–Trinajstić information content (AvgIpc) is 3.24. The number of thiophene rings is 1. The van der Waals surface area contributed by atoms with Gasteiger partial charge in [-0.05, 0) is 73.4 Å². The van der Waals surface area contributed by atoms with Crippen LogP contribution in [0.1, 0.15) is 33.6 Å². The average molecular weight is 353 g/mol. The van der Waals surface area contributed by atoms with Gasteiger partial charge in [0.2, 0.25) is 0 Å². The van der Waals surface area contributed by atoms with Gasteiger partial charge >= 0.3 is 0 Å². The first-order chi connectivity index (χ1) is 12.3. The van der Waals surface area contributed by atoms with E-state index in [2.05, 4.69) is 40.5 Å². The van der Waals surface area contributed by atoms with E-state index < -0.39 is 0 Å². The fraction of sp³-hybridized carbons (Fsp3) is 0.476. The number of carbonyl (C=O) groups excluding carboxylic acids is 1. The summed E-state index contributed by atoms with van der Waals surface area (Å²) in [5.74, 6) is 1.78. The van der Waals surface area contributed by atoms with Crippen LogP contribution in [0.2, 0.25) is 0 Å². The highest BCUT2D eigenvalue weighted by atomic mass is 32.1. The van der Waals surface area contributed by atoms with Gasteiger partial charge in [-0.3, -0.25) is 4.79 Å². The molecule has 25 heavy (non-hydrogen) atoms. The zero-order valence-electron chi connectivity index (χ0n) is 14.5. The van der Waals surface area contributed by atoms with Crippen LogP contribution in [0.15, 0.2) is 30.3 Å². The van der Waals surface area contributed by atoms with Crippen LogP contribution in [-0.2, 0) is 12.8 Å². The van der Waals surface area contributed by atoms with E-state index in [0.717, 1.165) is 68.6 Å². The van der Waals surface area contributed by atoms with Crippen molar-refractivity contribution in [3.8, 4) is 10.4 Å². The molecule has 0 spiro atoms. The van der Waals surface area contributed by atoms with Gasteiger partial charge in [0.15, 0.2) is 0 Å². The van der Waals surface area contributed by atoms with Gasteiger partial charge in [0.05, 0.1) is 4.88 Å². The Bertz CT molecular complexity index is 798. The number of amides is 1. The summed E-state index contributed by atoms with van der Waals surface area (Å²) in [5.41, 5.74) is 4.12. The molecule has 1 aromatic carbocycles. The van der Waals surface area contributed by atoms with Crippen molar-refractivity contribution in [2.45, 2.75) is 25.7 Å². The molecule has 2 atom stereocenters. The molecule has 2 saturated heterocycles. The normalized spacial score (nSPS) is 25.0. The molecule has 1 N–H and O–H groups in total. The summed E-state index contributed by atoms with van der Waals surface area (Å²) < 4.78 is 0. The third-order valence-electron chi connectivity index (χ3n) is 6.25. The monoisotopic (exact) mass is 352 g/mol. The first-order valence-corrected chi connectivity index (χ1v) is 10.3. The minimum atomic E-state index is 0.254. The quantitative estimate of drug-likeness (QED) is 0.851. The van der Waals surface area contributed by atoms with E-state index in [-0.39, 0.29) is 5.91 Å². The molecule has 1 aromatic heterocycles. The molecular formula is C21H24N2OS. The van der Waals surface area contributed by atoms with Crippen molar-refractivity contribution < 1.29 is 4.79 Å². The maximum Gasteiger partial charge on any atom is 0.263 e. The van der Waals surface area contributed by atoms with Crippen molar-refractivity contribution in [3.63, 3.8) is 0 Å². The van der Waals surface area contributed by atoms with Gasteiger partial charge in [0, 0.05) is 18.0 Å². The number of nitrogens with one attached hydrogen (secondary N) is 1. The van der Waals surface area contributed by atoms with Crippen molar-refractivity contribution in [1.82, 2.24) is 10.2 Å². The van der Waals surface area contributed by atoms with E-state index in [0.29, 0.717) is 0 Å². The summed E-state index contributed by atoms with van der Waals surface area (Å²) in [4.78, 5) is 17.5. The molecule has 3 heterocycles. The fourth-order valence-electron chi connectivity index (χ4n) is 4.75. The number of nitrogens with zero attached hydrogens (tertiary/aromatic N) is 1. The summed E-state index contributed by atoms with van der Waals surface area (Å²) in [5, 5.41) is 3.51. The Kier molecular flexibility index (Phi) is 3.90. The van der Waals surface area contributed by atoms with Crippen LogP contribution in [0.5, 0.6) is 0 Å². The maximum absolute atomic E-state index is 13.1. The van der Waals surface area contributed by atoms with Crippen LogP contribution in [0.4, 0.5) is 0 Å². The Balaban J connectivity index is 1.39. The summed E-state index contributed by atoms with van der Waals surface area (Å²) in [6.07, 6.45) is 4.45. The third-order valence-corrected chi connectivity index (χ3v) is 7.45. The third kappa shape index (κ3) is 2.72. The van der Waals surface area contributed by atoms with E-state index >= 15 is 0 Å². The fourth-order valence-corrected chi connectivity index (χ4v) is 5.99. The first-order valence-electron chi connectivity index (χ1n) is 9.50. The Hall–Kier alpha value is -1.65. The van der Waals surface area contributed by atoms with E-state index in [9.17, 15) is 4.79 Å². The van der Waals surface area contributed by atoms with E-state index in [1.165, 1.54) is 21.6 Å². The minimum absolute atomic E-state index is 0.254. The van der Waals surface area contributed by atoms with Crippen LogP contribution in [0, 0.1) is 11.8 Å². The summed E-state index contributed by atoms with van der Waals surface area (Å²) in [6.45, 7) is 4.11. The molecule has 2 fully saturated rings. The highest BCUT2D eigenvalue weighted by molar-refractivity contribution is 7.17. The van der Waals surface area contributed by atoms with Crippen LogP contribution < -0.4 is 5.32 Å². The van der Waals surface area contributed by atoms with Crippen molar-refractivity contribution in [2.24, 2.45) is 11.8 Å². The molecule has 130 valence electrons. The standard InChI is InChI=1S/C21H24N2OS/c24-21(23-9-7-16-12-22-13-17(16)8-10-23)19-11-15-6-5-14-3-1-2-4-18(14)20(15)25-19/h1-4,11,16-17,22H,5-10,12-13H2/t16-,17+. The molecule has 5 rings (SSSR count). The number of aryl methyl sites for hydroxylation is 2. The second kappa shape index (κ2) is 6.26. The lowest BCUT2D eigenvalue weighted by Crippen LogP contribution is -2.32. The van der Waals surface area contributed by atoms with E-state index in [1.54, 1.807) is 11.3 Å². The van der Waals surface area contributed by atoms with Gasteiger partial charge in [0.25, 0.3) is 5.91 Å². The zero-order chi connectivity index (χ0) is 16.8. The molecule has 0 radical (unpaired) electrons. The van der Waals surface area contributed by atoms with Crippen LogP contribution in [-0.4, -0.2) is 37.0 Å². The lowest BCUT2D eigenvalue weighted by molar-refractivity contribution is 0.0763. The zero-order valence-corrected chi connectivity index (χ0v) is 15.3. The minimum Gasteiger partial charge on any atom is -0.338 e. The van der Waals surface area contributed by atoms with Gasteiger partial charge in [-0.1, -0.05) is 24.3 Å². The molecule has 0 bridgehead atoms. The van der Waals surface area contributed by atoms with Crippen LogP contribution in [0.3, 0.4) is 0 Å². The van der Waals surface area contributed by atoms with Crippen molar-refractivity contribution in [2.75, 3.05) is 26.2 Å². The molecule has 4 heteroatoms. The Morgan fingerprint density at radius 2 is 1.76 bits per heavy atom. The van der Waals surface area contributed by atoms with Crippen molar-refractivity contribution in [1.29, 1.82) is 0 Å². The Morgan fingerprint density at radius 1 is 1.04 bits per heavy atom. The number of hydrogen-bond donors (Lipinski definition) is 1. The molecule has 0 unspecified atom stereocenters. The molecule has 3 nitrogen and oxygen atoms in total. The van der Waals surface area contributed by atoms with Gasteiger partial charge in [-0.25, -0.2) is 0 Å². The van der Waals surface area contributed by atoms with Gasteiger partial charge < -0.3 is 10.2 Å². The molecule has 1 aliphatic carbocycles. The lowest BCUT2D eigenvalue weighted by atomic mass is 9.91. The van der Waals surface area contributed by atoms with Crippen LogP contribution in [0.25, 0.3) is 10.4 Å². The van der Waals surface area contributed by atoms with Crippen LogP contribution >= 0.6 is 11.3 Å². The van der Waals surface area contributed by atoms with Gasteiger partial charge in [0.1, 0.15) is 0 Å². The van der Waals surface area contributed by atoms with Gasteiger partial charge in [-0.15, -0.1) is 11.3 Å². The second-order valence-corrected chi connectivity index (χ2v) is 8.72. The Labute approximate surface area is 153 Å². The topological polar surface area (TPSA) is 32.3 Å². The number of carbonyl (C=O) groups is 1. The summed E-state index contributed by atoms with van der Waals surface area (Å²) in [7, 11) is 0. The lowest BCUT2D eigenvalue weighted by Gasteiger charge is -2.20. The predicted octanol–water partition coefficient (Wildman–Crippen LogP) is 3.59.